The van der Waals surface area contributed by atoms with E-state index in [0.717, 1.165) is 26.4 Å². The molecule has 1 rings (SSSR count). The van der Waals surface area contributed by atoms with Gasteiger partial charge in [0, 0.05) is 19.8 Å². The molecule has 0 aromatic carbocycles. The highest BCUT2D eigenvalue weighted by molar-refractivity contribution is 7.78. The third kappa shape index (κ3) is 2.26. The number of rotatable bonds is 3. The van der Waals surface area contributed by atoms with Gasteiger partial charge in [-0.05, 0) is 0 Å². The van der Waals surface area contributed by atoms with Crippen LogP contribution in [0.4, 0.5) is 0 Å². The molecule has 0 aromatic rings. The van der Waals surface area contributed by atoms with Crippen molar-refractivity contribution in [1.82, 2.24) is 15.5 Å². The lowest BCUT2D eigenvalue weighted by molar-refractivity contribution is 0.331. The summed E-state index contributed by atoms with van der Waals surface area (Å²) in [6, 6.07) is 0. The Morgan fingerprint density at radius 2 is 2.67 bits per heavy atom. The van der Waals surface area contributed by atoms with Crippen LogP contribution >= 0.6 is 12.2 Å². The van der Waals surface area contributed by atoms with Gasteiger partial charge in [0.25, 0.3) is 0 Å². The molecule has 51 valence electrons. The number of thiocarbonyl (C=S) groups is 1. The molecule has 0 aliphatic carbocycles. The molecule has 9 heavy (non-hydrogen) atoms. The molecule has 0 amide bonds. The van der Waals surface area contributed by atoms with Crippen molar-refractivity contribution in [2.45, 2.75) is 0 Å². The number of hydrogen-bond donors (Lipinski definition) is 2. The summed E-state index contributed by atoms with van der Waals surface area (Å²) in [5, 5.41) is 6.05. The summed E-state index contributed by atoms with van der Waals surface area (Å²) in [6.45, 7) is 3.96. The molecule has 0 unspecified atom stereocenters. The third-order valence-electron chi connectivity index (χ3n) is 1.32. The molecule has 1 radical (unpaired) electrons. The molecule has 0 atom stereocenters. The van der Waals surface area contributed by atoms with E-state index in [1.165, 1.54) is 0 Å². The molecule has 0 saturated carbocycles. The van der Waals surface area contributed by atoms with Crippen LogP contribution in [0.5, 0.6) is 0 Å². The van der Waals surface area contributed by atoms with Gasteiger partial charge in [0.15, 0.2) is 0 Å². The van der Waals surface area contributed by atoms with Crippen molar-refractivity contribution in [3.8, 4) is 0 Å². The Bertz CT molecular complexity index is 90.2. The Kier molecular flexibility index (Phi) is 2.90. The first kappa shape index (κ1) is 6.92. The second-order valence-electron chi connectivity index (χ2n) is 1.99. The molecule has 1 heterocycles. The number of nitrogens with one attached hydrogen (secondary N) is 2. The lowest BCUT2D eigenvalue weighted by Crippen LogP contribution is -2.31. The molecule has 2 N–H and O–H groups in total. The van der Waals surface area contributed by atoms with E-state index in [4.69, 9.17) is 0 Å². The fraction of sp³-hybridized carbons (Fsp3) is 0.800. The molecule has 0 bridgehead atoms. The summed E-state index contributed by atoms with van der Waals surface area (Å²) in [5.74, 6) is 0. The van der Waals surface area contributed by atoms with Crippen LogP contribution in [0.3, 0.4) is 0 Å². The molecular weight excluding hydrogens is 134 g/mol. The normalized spacial score (nSPS) is 20.0. The second-order valence-corrected chi connectivity index (χ2v) is 2.19. The molecule has 4 heteroatoms. The smallest absolute Gasteiger partial charge is 0.135 e. The van der Waals surface area contributed by atoms with Crippen molar-refractivity contribution in [2.24, 2.45) is 0 Å². The zero-order chi connectivity index (χ0) is 6.53. The van der Waals surface area contributed by atoms with Crippen LogP contribution in [0.2, 0.25) is 0 Å². The van der Waals surface area contributed by atoms with Crippen LogP contribution < -0.4 is 10.6 Å². The van der Waals surface area contributed by atoms with E-state index < -0.39 is 0 Å². The Labute approximate surface area is 60.4 Å². The van der Waals surface area contributed by atoms with E-state index >= 15 is 0 Å². The zero-order valence-electron chi connectivity index (χ0n) is 5.18. The molecule has 1 saturated heterocycles. The van der Waals surface area contributed by atoms with Crippen molar-refractivity contribution in [2.75, 3.05) is 26.4 Å². The van der Waals surface area contributed by atoms with Crippen LogP contribution in [-0.2, 0) is 0 Å². The molecule has 0 aromatic heterocycles. The maximum Gasteiger partial charge on any atom is 0.135 e. The first-order chi connectivity index (χ1) is 4.43. The third-order valence-corrected chi connectivity index (χ3v) is 1.46. The summed E-state index contributed by atoms with van der Waals surface area (Å²) in [7, 11) is 0. The van der Waals surface area contributed by atoms with Crippen LogP contribution in [0.1, 0.15) is 0 Å². The van der Waals surface area contributed by atoms with Gasteiger partial charge in [-0.2, -0.15) is 0 Å². The van der Waals surface area contributed by atoms with Gasteiger partial charge in [-0.25, -0.2) is 0 Å². The molecule has 1 aliphatic rings. The van der Waals surface area contributed by atoms with Crippen LogP contribution in [-0.4, -0.2) is 36.8 Å². The SMILES string of the molecule is S=[C]NCN1CCNC1. The van der Waals surface area contributed by atoms with Gasteiger partial charge in [0.05, 0.1) is 6.67 Å². The van der Waals surface area contributed by atoms with E-state index in [1.54, 1.807) is 0 Å². The summed E-state index contributed by atoms with van der Waals surface area (Å²) in [5.41, 5.74) is 2.46. The minimum Gasteiger partial charge on any atom is -0.361 e. The van der Waals surface area contributed by atoms with Crippen LogP contribution in [0.15, 0.2) is 0 Å². The summed E-state index contributed by atoms with van der Waals surface area (Å²) in [6.07, 6.45) is 0. The van der Waals surface area contributed by atoms with Gasteiger partial charge in [-0.3, -0.25) is 4.90 Å². The highest BCUT2D eigenvalue weighted by Gasteiger charge is 2.07. The van der Waals surface area contributed by atoms with Gasteiger partial charge in [-0.1, -0.05) is 12.2 Å². The second kappa shape index (κ2) is 3.76. The average molecular weight is 144 g/mol. The van der Waals surface area contributed by atoms with E-state index in [-0.39, 0.29) is 0 Å². The minimum absolute atomic E-state index is 0.816. The van der Waals surface area contributed by atoms with Crippen LogP contribution in [0, 0.1) is 0 Å². The van der Waals surface area contributed by atoms with E-state index in [0.29, 0.717) is 0 Å². The van der Waals surface area contributed by atoms with Crippen LogP contribution in [0.25, 0.3) is 0 Å². The summed E-state index contributed by atoms with van der Waals surface area (Å²) in [4.78, 5) is 2.22. The first-order valence-corrected chi connectivity index (χ1v) is 3.37. The summed E-state index contributed by atoms with van der Waals surface area (Å²) >= 11 is 4.48. The van der Waals surface area contributed by atoms with Crippen molar-refractivity contribution in [3.63, 3.8) is 0 Å². The summed E-state index contributed by atoms with van der Waals surface area (Å²) < 4.78 is 0. The highest BCUT2D eigenvalue weighted by Crippen LogP contribution is 1.87. The molecule has 0 spiro atoms. The Balaban J connectivity index is 2.04. The van der Waals surface area contributed by atoms with Gasteiger partial charge < -0.3 is 10.6 Å². The topological polar surface area (TPSA) is 27.3 Å². The highest BCUT2D eigenvalue weighted by atomic mass is 32.1. The Morgan fingerprint density at radius 3 is 3.22 bits per heavy atom. The number of nitrogens with zero attached hydrogens (tertiary/aromatic N) is 1. The van der Waals surface area contributed by atoms with Crippen molar-refractivity contribution in [3.05, 3.63) is 0 Å². The zero-order valence-corrected chi connectivity index (χ0v) is 6.00. The Hall–Kier alpha value is -0.190. The van der Waals surface area contributed by atoms with E-state index in [1.807, 2.05) is 0 Å². The molecule has 3 nitrogen and oxygen atoms in total. The molecule has 1 aliphatic heterocycles. The van der Waals surface area contributed by atoms with E-state index in [2.05, 4.69) is 33.2 Å². The van der Waals surface area contributed by atoms with Crippen molar-refractivity contribution >= 4 is 17.7 Å². The first-order valence-electron chi connectivity index (χ1n) is 2.96. The van der Waals surface area contributed by atoms with Gasteiger partial charge in [0.1, 0.15) is 5.49 Å². The molecular formula is C5H10N3S. The molecule has 1 fully saturated rings. The van der Waals surface area contributed by atoms with Gasteiger partial charge in [-0.15, -0.1) is 0 Å². The van der Waals surface area contributed by atoms with Gasteiger partial charge >= 0.3 is 0 Å². The maximum absolute atomic E-state index is 4.48. The van der Waals surface area contributed by atoms with E-state index in [9.17, 15) is 0 Å². The average Bonchev–Trinajstić information content (AvgIpc) is 2.34. The lowest BCUT2D eigenvalue weighted by atomic mass is 10.6. The fourth-order valence-electron chi connectivity index (χ4n) is 0.832. The monoisotopic (exact) mass is 144 g/mol. The predicted molar refractivity (Wildman–Crippen MR) is 40.2 cm³/mol. The van der Waals surface area contributed by atoms with Gasteiger partial charge in [0.2, 0.25) is 0 Å². The largest absolute Gasteiger partial charge is 0.361 e. The Morgan fingerprint density at radius 1 is 1.78 bits per heavy atom. The lowest BCUT2D eigenvalue weighted by Gasteiger charge is -2.11. The standard InChI is InChI=1S/C5H10N3S/c9-5-7-4-8-2-1-6-3-8/h6H,1-4H2,(H,7,9). The van der Waals surface area contributed by atoms with Crippen molar-refractivity contribution in [1.29, 1.82) is 0 Å². The fourth-order valence-corrected chi connectivity index (χ4v) is 0.897. The van der Waals surface area contributed by atoms with Crippen molar-refractivity contribution < 1.29 is 0 Å². The number of hydrogen-bond acceptors (Lipinski definition) is 3. The maximum atomic E-state index is 4.48. The minimum atomic E-state index is 0.816. The predicted octanol–water partition coefficient (Wildman–Crippen LogP) is -0.770. The quantitative estimate of drug-likeness (QED) is 0.402.